The molecule has 1 N–H and O–H groups in total. The van der Waals surface area contributed by atoms with E-state index in [9.17, 15) is 4.79 Å². The molecule has 0 bridgehead atoms. The molecule has 3 heterocycles. The molecule has 6 heteroatoms. The number of pyridine rings is 1. The van der Waals surface area contributed by atoms with Gasteiger partial charge in [0.05, 0.1) is 6.20 Å². The molecular formula is C14H13N5O. The summed E-state index contributed by atoms with van der Waals surface area (Å²) in [5.41, 5.74) is 2.71. The second-order valence-electron chi connectivity index (χ2n) is 4.52. The molecule has 3 aromatic heterocycles. The van der Waals surface area contributed by atoms with Gasteiger partial charge in [0.25, 0.3) is 5.91 Å². The Bertz CT molecular complexity index is 793. The third-order valence-electron chi connectivity index (χ3n) is 2.99. The van der Waals surface area contributed by atoms with E-state index in [1.54, 1.807) is 16.9 Å². The van der Waals surface area contributed by atoms with Crippen molar-refractivity contribution in [1.82, 2.24) is 19.6 Å². The van der Waals surface area contributed by atoms with E-state index in [0.717, 1.165) is 11.3 Å². The number of carbonyl (C=O) groups excluding carboxylic acids is 1. The maximum atomic E-state index is 12.3. The highest BCUT2D eigenvalue weighted by Gasteiger charge is 2.15. The number of anilines is 1. The van der Waals surface area contributed by atoms with E-state index in [1.165, 1.54) is 6.20 Å². The summed E-state index contributed by atoms with van der Waals surface area (Å²) in [4.78, 5) is 20.8. The first-order valence-electron chi connectivity index (χ1n) is 6.19. The van der Waals surface area contributed by atoms with Gasteiger partial charge < -0.3 is 5.32 Å². The SMILES string of the molecule is Cc1ccn2ncc(C(=O)Nc3ncccc3C)c2n1. The number of hydrogen-bond acceptors (Lipinski definition) is 4. The van der Waals surface area contributed by atoms with Crippen LogP contribution in [0.4, 0.5) is 5.82 Å². The highest BCUT2D eigenvalue weighted by atomic mass is 16.1. The number of hydrogen-bond donors (Lipinski definition) is 1. The minimum absolute atomic E-state index is 0.264. The molecular weight excluding hydrogens is 254 g/mol. The number of carbonyl (C=O) groups is 1. The monoisotopic (exact) mass is 267 g/mol. The molecule has 100 valence electrons. The summed E-state index contributed by atoms with van der Waals surface area (Å²) in [6, 6.07) is 5.55. The molecule has 0 atom stereocenters. The van der Waals surface area contributed by atoms with Gasteiger partial charge in [-0.3, -0.25) is 4.79 Å². The number of rotatable bonds is 2. The van der Waals surface area contributed by atoms with E-state index in [4.69, 9.17) is 0 Å². The van der Waals surface area contributed by atoms with Gasteiger partial charge in [0.1, 0.15) is 11.4 Å². The zero-order valence-corrected chi connectivity index (χ0v) is 11.2. The fourth-order valence-corrected chi connectivity index (χ4v) is 1.91. The van der Waals surface area contributed by atoms with Crippen molar-refractivity contribution in [3.63, 3.8) is 0 Å². The summed E-state index contributed by atoms with van der Waals surface area (Å²) in [5.74, 6) is 0.282. The van der Waals surface area contributed by atoms with Crippen LogP contribution >= 0.6 is 0 Å². The predicted molar refractivity (Wildman–Crippen MR) is 74.7 cm³/mol. The van der Waals surface area contributed by atoms with Crippen LogP contribution in [0.2, 0.25) is 0 Å². The quantitative estimate of drug-likeness (QED) is 0.770. The Morgan fingerprint density at radius 1 is 1.30 bits per heavy atom. The summed E-state index contributed by atoms with van der Waals surface area (Å²) in [6.07, 6.45) is 4.93. The molecule has 0 saturated carbocycles. The molecule has 0 aromatic carbocycles. The average molecular weight is 267 g/mol. The normalized spacial score (nSPS) is 10.7. The lowest BCUT2D eigenvalue weighted by atomic mass is 10.2. The van der Waals surface area contributed by atoms with Gasteiger partial charge in [-0.1, -0.05) is 6.07 Å². The first-order valence-corrected chi connectivity index (χ1v) is 6.19. The van der Waals surface area contributed by atoms with Crippen molar-refractivity contribution >= 4 is 17.4 Å². The number of aromatic nitrogens is 4. The van der Waals surface area contributed by atoms with Crippen LogP contribution in [-0.4, -0.2) is 25.5 Å². The van der Waals surface area contributed by atoms with E-state index in [-0.39, 0.29) is 5.91 Å². The van der Waals surface area contributed by atoms with E-state index < -0.39 is 0 Å². The molecule has 1 amide bonds. The Balaban J connectivity index is 1.97. The van der Waals surface area contributed by atoms with E-state index in [0.29, 0.717) is 17.0 Å². The maximum absolute atomic E-state index is 12.3. The van der Waals surface area contributed by atoms with Crippen LogP contribution in [-0.2, 0) is 0 Å². The fourth-order valence-electron chi connectivity index (χ4n) is 1.91. The molecule has 6 nitrogen and oxygen atoms in total. The Morgan fingerprint density at radius 3 is 2.95 bits per heavy atom. The van der Waals surface area contributed by atoms with Gasteiger partial charge in [-0.2, -0.15) is 5.10 Å². The van der Waals surface area contributed by atoms with Crippen molar-refractivity contribution in [2.24, 2.45) is 0 Å². The van der Waals surface area contributed by atoms with Crippen LogP contribution < -0.4 is 5.32 Å². The van der Waals surface area contributed by atoms with Gasteiger partial charge in [0.15, 0.2) is 5.65 Å². The smallest absolute Gasteiger partial charge is 0.262 e. The van der Waals surface area contributed by atoms with Crippen molar-refractivity contribution < 1.29 is 4.79 Å². The Hall–Kier alpha value is -2.76. The van der Waals surface area contributed by atoms with Gasteiger partial charge in [0.2, 0.25) is 0 Å². The molecule has 3 rings (SSSR count). The molecule has 0 aliphatic carbocycles. The lowest BCUT2D eigenvalue weighted by Crippen LogP contribution is -2.14. The highest BCUT2D eigenvalue weighted by molar-refractivity contribution is 6.07. The van der Waals surface area contributed by atoms with Gasteiger partial charge in [0, 0.05) is 18.1 Å². The lowest BCUT2D eigenvalue weighted by molar-refractivity contribution is 0.102. The maximum Gasteiger partial charge on any atom is 0.262 e. The molecule has 0 fully saturated rings. The van der Waals surface area contributed by atoms with Crippen LogP contribution in [0.3, 0.4) is 0 Å². The molecule has 0 aliphatic heterocycles. The third-order valence-corrected chi connectivity index (χ3v) is 2.99. The Morgan fingerprint density at radius 2 is 2.15 bits per heavy atom. The number of fused-ring (bicyclic) bond motifs is 1. The molecule has 0 spiro atoms. The standard InChI is InChI=1S/C14H13N5O/c1-9-4-3-6-15-12(9)18-14(20)11-8-16-19-7-5-10(2)17-13(11)19/h3-8H,1-2H3,(H,15,18,20). The zero-order chi connectivity index (χ0) is 14.1. The van der Waals surface area contributed by atoms with Crippen molar-refractivity contribution in [3.05, 3.63) is 53.6 Å². The molecule has 0 unspecified atom stereocenters. The van der Waals surface area contributed by atoms with Crippen LogP contribution in [0.15, 0.2) is 36.8 Å². The van der Waals surface area contributed by atoms with Gasteiger partial charge in [-0.05, 0) is 31.5 Å². The largest absolute Gasteiger partial charge is 0.306 e. The highest BCUT2D eigenvalue weighted by Crippen LogP contribution is 2.14. The summed E-state index contributed by atoms with van der Waals surface area (Å²) < 4.78 is 1.58. The Kier molecular flexibility index (Phi) is 2.90. The number of amides is 1. The molecule has 3 aromatic rings. The Labute approximate surface area is 115 Å². The number of aryl methyl sites for hydroxylation is 2. The zero-order valence-electron chi connectivity index (χ0n) is 11.2. The van der Waals surface area contributed by atoms with E-state index in [2.05, 4.69) is 20.4 Å². The second kappa shape index (κ2) is 4.73. The summed E-state index contributed by atoms with van der Waals surface area (Å²) in [7, 11) is 0. The van der Waals surface area contributed by atoms with Gasteiger partial charge in [-0.25, -0.2) is 14.5 Å². The average Bonchev–Trinajstić information content (AvgIpc) is 2.84. The van der Waals surface area contributed by atoms with Crippen LogP contribution in [0.5, 0.6) is 0 Å². The fraction of sp³-hybridized carbons (Fsp3) is 0.143. The molecule has 0 radical (unpaired) electrons. The predicted octanol–water partition coefficient (Wildman–Crippen LogP) is 1.99. The van der Waals surface area contributed by atoms with Crippen molar-refractivity contribution in [3.8, 4) is 0 Å². The van der Waals surface area contributed by atoms with E-state index >= 15 is 0 Å². The minimum atomic E-state index is -0.264. The van der Waals surface area contributed by atoms with Crippen LogP contribution in [0.25, 0.3) is 5.65 Å². The number of nitrogens with zero attached hydrogens (tertiary/aromatic N) is 4. The second-order valence-corrected chi connectivity index (χ2v) is 4.52. The third kappa shape index (κ3) is 2.11. The van der Waals surface area contributed by atoms with Gasteiger partial charge >= 0.3 is 0 Å². The van der Waals surface area contributed by atoms with Crippen LogP contribution in [0.1, 0.15) is 21.6 Å². The van der Waals surface area contributed by atoms with E-state index in [1.807, 2.05) is 32.0 Å². The molecule has 20 heavy (non-hydrogen) atoms. The lowest BCUT2D eigenvalue weighted by Gasteiger charge is -2.05. The van der Waals surface area contributed by atoms with Crippen molar-refractivity contribution in [2.45, 2.75) is 13.8 Å². The van der Waals surface area contributed by atoms with Crippen molar-refractivity contribution in [1.29, 1.82) is 0 Å². The van der Waals surface area contributed by atoms with Crippen molar-refractivity contribution in [2.75, 3.05) is 5.32 Å². The molecule has 0 aliphatic rings. The van der Waals surface area contributed by atoms with Gasteiger partial charge in [-0.15, -0.1) is 0 Å². The summed E-state index contributed by atoms with van der Waals surface area (Å²) in [5, 5.41) is 6.90. The summed E-state index contributed by atoms with van der Waals surface area (Å²) >= 11 is 0. The first kappa shape index (κ1) is 12.3. The number of nitrogens with one attached hydrogen (secondary N) is 1. The topological polar surface area (TPSA) is 72.2 Å². The summed E-state index contributed by atoms with van der Waals surface area (Å²) in [6.45, 7) is 3.76. The molecule has 0 saturated heterocycles. The minimum Gasteiger partial charge on any atom is -0.306 e. The first-order chi connectivity index (χ1) is 9.65. The van der Waals surface area contributed by atoms with Crippen LogP contribution in [0, 0.1) is 13.8 Å².